The minimum Gasteiger partial charge on any atom is -0.444 e. The second kappa shape index (κ2) is 6.41. The van der Waals surface area contributed by atoms with Gasteiger partial charge in [0.25, 0.3) is 0 Å². The first-order chi connectivity index (χ1) is 12.8. The molecule has 1 aliphatic rings. The Labute approximate surface area is 158 Å². The highest BCUT2D eigenvalue weighted by Gasteiger charge is 2.30. The zero-order chi connectivity index (χ0) is 19.2. The normalized spacial score (nSPS) is 14.3. The molecule has 0 N–H and O–H groups in total. The fourth-order valence-corrected chi connectivity index (χ4v) is 3.70. The highest BCUT2D eigenvalue weighted by molar-refractivity contribution is 5.88. The van der Waals surface area contributed by atoms with Crippen molar-refractivity contribution >= 4 is 17.0 Å². The van der Waals surface area contributed by atoms with E-state index in [9.17, 15) is 9.18 Å². The van der Waals surface area contributed by atoms with Crippen molar-refractivity contribution in [1.29, 1.82) is 0 Å². The summed E-state index contributed by atoms with van der Waals surface area (Å²) in [7, 11) is 0. The van der Waals surface area contributed by atoms with Gasteiger partial charge in [0.15, 0.2) is 0 Å². The van der Waals surface area contributed by atoms with Crippen LogP contribution in [0.2, 0.25) is 0 Å². The summed E-state index contributed by atoms with van der Waals surface area (Å²) in [4.78, 5) is 14.3. The molecule has 3 aromatic rings. The van der Waals surface area contributed by atoms with Crippen molar-refractivity contribution in [2.45, 2.75) is 39.3 Å². The topological polar surface area (TPSA) is 34.5 Å². The molecule has 0 unspecified atom stereocenters. The minimum atomic E-state index is -0.529. The van der Waals surface area contributed by atoms with Gasteiger partial charge in [-0.15, -0.1) is 0 Å². The van der Waals surface area contributed by atoms with Crippen molar-refractivity contribution in [1.82, 2.24) is 9.47 Å². The van der Waals surface area contributed by atoms with E-state index < -0.39 is 5.60 Å². The van der Waals surface area contributed by atoms with Gasteiger partial charge in [-0.25, -0.2) is 9.18 Å². The van der Waals surface area contributed by atoms with Crippen LogP contribution in [0.3, 0.4) is 0 Å². The summed E-state index contributed by atoms with van der Waals surface area (Å²) in [6.45, 7) is 6.61. The first kappa shape index (κ1) is 17.6. The summed E-state index contributed by atoms with van der Waals surface area (Å²) >= 11 is 0. The molecule has 0 aliphatic carbocycles. The number of nitrogens with zero attached hydrogens (tertiary/aromatic N) is 2. The molecule has 4 rings (SSSR count). The lowest BCUT2D eigenvalue weighted by atomic mass is 10.0. The van der Waals surface area contributed by atoms with Gasteiger partial charge in [-0.05, 0) is 39.0 Å². The molecular formula is C22H23FN2O2. The van der Waals surface area contributed by atoms with E-state index in [2.05, 4.69) is 0 Å². The van der Waals surface area contributed by atoms with Crippen LogP contribution in [-0.2, 0) is 17.7 Å². The molecule has 1 aromatic heterocycles. The van der Waals surface area contributed by atoms with Crippen LogP contribution in [0.1, 0.15) is 32.0 Å². The van der Waals surface area contributed by atoms with Crippen LogP contribution in [-0.4, -0.2) is 27.7 Å². The van der Waals surface area contributed by atoms with E-state index in [1.807, 2.05) is 55.7 Å². The Balaban J connectivity index is 1.80. The third-order valence-corrected chi connectivity index (χ3v) is 4.80. The Morgan fingerprint density at radius 3 is 2.52 bits per heavy atom. The number of benzene rings is 2. The number of fused-ring (bicyclic) bond motifs is 3. The van der Waals surface area contributed by atoms with E-state index in [0.29, 0.717) is 25.2 Å². The summed E-state index contributed by atoms with van der Waals surface area (Å²) in [6, 6.07) is 14.8. The van der Waals surface area contributed by atoms with E-state index >= 15 is 0 Å². The maximum absolute atomic E-state index is 14.5. The van der Waals surface area contributed by atoms with Gasteiger partial charge in [0, 0.05) is 29.6 Å². The fraction of sp³-hybridized carbons (Fsp3) is 0.318. The van der Waals surface area contributed by atoms with E-state index in [0.717, 1.165) is 22.2 Å². The number of ether oxygens (including phenoxy) is 1. The third-order valence-electron chi connectivity index (χ3n) is 4.80. The standard InChI is InChI=1S/C22H23FN2O2/c1-22(2,3)27-21(26)24-13-12-19-16(14-24)15-8-4-6-10-18(15)25(19)20-11-7-5-9-17(20)23/h4-11H,12-14H2,1-3H3. The molecule has 4 nitrogen and oxygen atoms in total. The molecule has 27 heavy (non-hydrogen) atoms. The van der Waals surface area contributed by atoms with Crippen molar-refractivity contribution in [3.8, 4) is 5.69 Å². The number of rotatable bonds is 1. The predicted octanol–water partition coefficient (Wildman–Crippen LogP) is 5.06. The molecule has 2 heterocycles. The van der Waals surface area contributed by atoms with Gasteiger partial charge in [-0.1, -0.05) is 30.3 Å². The molecule has 0 saturated heterocycles. The summed E-state index contributed by atoms with van der Waals surface area (Å²) in [6.07, 6.45) is 0.341. The molecule has 0 saturated carbocycles. The smallest absolute Gasteiger partial charge is 0.410 e. The van der Waals surface area contributed by atoms with Crippen LogP contribution < -0.4 is 0 Å². The van der Waals surface area contributed by atoms with Crippen LogP contribution in [0, 0.1) is 5.82 Å². The highest BCUT2D eigenvalue weighted by atomic mass is 19.1. The van der Waals surface area contributed by atoms with Crippen LogP contribution in [0.4, 0.5) is 9.18 Å². The molecule has 0 radical (unpaired) electrons. The molecule has 2 aromatic carbocycles. The molecule has 0 atom stereocenters. The van der Waals surface area contributed by atoms with Gasteiger partial charge in [-0.2, -0.15) is 0 Å². The lowest BCUT2D eigenvalue weighted by Crippen LogP contribution is -2.40. The van der Waals surface area contributed by atoms with Crippen LogP contribution in [0.5, 0.6) is 0 Å². The van der Waals surface area contributed by atoms with Crippen LogP contribution in [0.15, 0.2) is 48.5 Å². The number of aromatic nitrogens is 1. The molecule has 0 spiro atoms. The first-order valence-electron chi connectivity index (χ1n) is 9.19. The highest BCUT2D eigenvalue weighted by Crippen LogP contribution is 2.34. The average Bonchev–Trinajstić information content (AvgIpc) is 2.94. The maximum Gasteiger partial charge on any atom is 0.410 e. The Morgan fingerprint density at radius 2 is 1.78 bits per heavy atom. The second-order valence-electron chi connectivity index (χ2n) is 7.88. The SMILES string of the molecule is CC(C)(C)OC(=O)N1CCc2c(c3ccccc3n2-c2ccccc2F)C1. The maximum atomic E-state index is 14.5. The number of hydrogen-bond donors (Lipinski definition) is 0. The Morgan fingerprint density at radius 1 is 1.07 bits per heavy atom. The zero-order valence-corrected chi connectivity index (χ0v) is 15.8. The minimum absolute atomic E-state index is 0.254. The first-order valence-corrected chi connectivity index (χ1v) is 9.19. The summed E-state index contributed by atoms with van der Waals surface area (Å²) in [5.41, 5.74) is 3.09. The second-order valence-corrected chi connectivity index (χ2v) is 7.88. The quantitative estimate of drug-likeness (QED) is 0.603. The number of halogens is 1. The zero-order valence-electron chi connectivity index (χ0n) is 15.8. The number of hydrogen-bond acceptors (Lipinski definition) is 2. The van der Waals surface area contributed by atoms with Crippen LogP contribution in [0.25, 0.3) is 16.6 Å². The van der Waals surface area contributed by atoms with Gasteiger partial charge >= 0.3 is 6.09 Å². The number of para-hydroxylation sites is 2. The van der Waals surface area contributed by atoms with E-state index in [-0.39, 0.29) is 11.9 Å². The Hall–Kier alpha value is -2.82. The van der Waals surface area contributed by atoms with Crippen LogP contribution >= 0.6 is 0 Å². The van der Waals surface area contributed by atoms with Crippen molar-refractivity contribution in [3.05, 3.63) is 65.6 Å². The molecule has 140 valence electrons. The summed E-state index contributed by atoms with van der Waals surface area (Å²) in [5.74, 6) is -0.254. The Bertz CT molecular complexity index is 1020. The monoisotopic (exact) mass is 366 g/mol. The number of carbonyl (C=O) groups is 1. The lowest BCUT2D eigenvalue weighted by Gasteiger charge is -2.30. The summed E-state index contributed by atoms with van der Waals surface area (Å²) in [5, 5.41) is 1.05. The molecule has 0 fully saturated rings. The van der Waals surface area contributed by atoms with Crippen molar-refractivity contribution in [2.24, 2.45) is 0 Å². The van der Waals surface area contributed by atoms with E-state index in [4.69, 9.17) is 4.74 Å². The predicted molar refractivity (Wildman–Crippen MR) is 104 cm³/mol. The van der Waals surface area contributed by atoms with Gasteiger partial charge in [0.1, 0.15) is 11.4 Å². The van der Waals surface area contributed by atoms with Crippen molar-refractivity contribution < 1.29 is 13.9 Å². The molecule has 1 amide bonds. The van der Waals surface area contributed by atoms with Crippen molar-refractivity contribution in [2.75, 3.05) is 6.54 Å². The third kappa shape index (κ3) is 3.18. The number of amides is 1. The van der Waals surface area contributed by atoms with Crippen molar-refractivity contribution in [3.63, 3.8) is 0 Å². The van der Waals surface area contributed by atoms with Gasteiger partial charge in [-0.3, -0.25) is 0 Å². The Kier molecular flexibility index (Phi) is 4.17. The molecule has 5 heteroatoms. The van der Waals surface area contributed by atoms with Gasteiger partial charge in [0.05, 0.1) is 17.7 Å². The fourth-order valence-electron chi connectivity index (χ4n) is 3.70. The van der Waals surface area contributed by atoms with Gasteiger partial charge in [0.2, 0.25) is 0 Å². The molecular weight excluding hydrogens is 343 g/mol. The number of carbonyl (C=O) groups excluding carboxylic acids is 1. The average molecular weight is 366 g/mol. The molecule has 0 bridgehead atoms. The largest absolute Gasteiger partial charge is 0.444 e. The van der Waals surface area contributed by atoms with E-state index in [1.54, 1.807) is 17.0 Å². The summed E-state index contributed by atoms with van der Waals surface area (Å²) < 4.78 is 22.1. The van der Waals surface area contributed by atoms with Gasteiger partial charge < -0.3 is 14.2 Å². The molecule has 1 aliphatic heterocycles. The lowest BCUT2D eigenvalue weighted by molar-refractivity contribution is 0.0224. The van der Waals surface area contributed by atoms with E-state index in [1.165, 1.54) is 6.07 Å².